The normalized spacial score (nSPS) is 17.4. The first-order chi connectivity index (χ1) is 16.4. The average Bonchev–Trinajstić information content (AvgIpc) is 3.45. The van der Waals surface area contributed by atoms with Crippen LogP contribution in [0.15, 0.2) is 95.1 Å². The third kappa shape index (κ3) is 3.63. The molecule has 7 nitrogen and oxygen atoms in total. The van der Waals surface area contributed by atoms with E-state index >= 15 is 0 Å². The van der Waals surface area contributed by atoms with Gasteiger partial charge in [0.15, 0.2) is 0 Å². The number of carboxylic acid groups (broad SMARTS) is 1. The van der Waals surface area contributed by atoms with Crippen molar-refractivity contribution in [2.75, 3.05) is 4.90 Å². The lowest BCUT2D eigenvalue weighted by Gasteiger charge is -2.23. The Bertz CT molecular complexity index is 1450. The van der Waals surface area contributed by atoms with Gasteiger partial charge in [0.2, 0.25) is 0 Å². The van der Waals surface area contributed by atoms with Gasteiger partial charge in [-0.2, -0.15) is 0 Å². The van der Waals surface area contributed by atoms with Crippen molar-refractivity contribution in [3.05, 3.63) is 108 Å². The highest BCUT2D eigenvalue weighted by Crippen LogP contribution is 2.42. The average molecular weight is 453 g/mol. The van der Waals surface area contributed by atoms with Crippen molar-refractivity contribution in [3.63, 3.8) is 0 Å². The molecule has 7 heteroatoms. The number of carbonyl (C=O) groups excluding carboxylic acids is 2. The molecule has 1 fully saturated rings. The SMILES string of the molecule is O=C(O)Cc1ccc(N2C(=O)C(=O)/C(=C(\O)c3ccc4ccccc4c3)C2c2ccco2)cc1. The molecule has 1 aliphatic heterocycles. The summed E-state index contributed by atoms with van der Waals surface area (Å²) in [5.74, 6) is -2.60. The maximum Gasteiger partial charge on any atom is 0.307 e. The molecule has 1 aromatic heterocycles. The number of hydrogen-bond donors (Lipinski definition) is 2. The number of carbonyl (C=O) groups is 3. The number of furan rings is 1. The first-order valence-electron chi connectivity index (χ1n) is 10.6. The lowest BCUT2D eigenvalue weighted by molar-refractivity contribution is -0.136. The van der Waals surface area contributed by atoms with Crippen molar-refractivity contribution in [3.8, 4) is 0 Å². The van der Waals surface area contributed by atoms with Gasteiger partial charge in [0.1, 0.15) is 17.6 Å². The van der Waals surface area contributed by atoms with E-state index in [0.29, 0.717) is 22.6 Å². The zero-order valence-corrected chi connectivity index (χ0v) is 17.8. The summed E-state index contributed by atoms with van der Waals surface area (Å²) in [6.07, 6.45) is 1.27. The monoisotopic (exact) mass is 453 g/mol. The predicted octanol–water partition coefficient (Wildman–Crippen LogP) is 4.69. The Morgan fingerprint density at radius 1 is 0.882 bits per heavy atom. The van der Waals surface area contributed by atoms with Gasteiger partial charge < -0.3 is 14.6 Å². The van der Waals surface area contributed by atoms with E-state index in [0.717, 1.165) is 10.8 Å². The van der Waals surface area contributed by atoms with Crippen LogP contribution in [-0.2, 0) is 20.8 Å². The van der Waals surface area contributed by atoms with E-state index in [1.165, 1.54) is 11.2 Å². The Morgan fingerprint density at radius 2 is 1.62 bits per heavy atom. The number of anilines is 1. The van der Waals surface area contributed by atoms with Gasteiger partial charge in [0, 0.05) is 11.3 Å². The van der Waals surface area contributed by atoms with Crippen molar-refractivity contribution in [2.24, 2.45) is 0 Å². The molecule has 0 radical (unpaired) electrons. The van der Waals surface area contributed by atoms with E-state index in [9.17, 15) is 19.5 Å². The number of aliphatic hydroxyl groups is 1. The Labute approximate surface area is 194 Å². The van der Waals surface area contributed by atoms with Crippen LogP contribution < -0.4 is 4.90 Å². The number of fused-ring (bicyclic) bond motifs is 1. The Morgan fingerprint density at radius 3 is 2.29 bits per heavy atom. The van der Waals surface area contributed by atoms with Crippen molar-refractivity contribution >= 4 is 39.9 Å². The lowest BCUT2D eigenvalue weighted by Crippen LogP contribution is -2.29. The number of Topliss-reactive ketones (excluding diaryl/α,β-unsaturated/α-hetero) is 1. The van der Waals surface area contributed by atoms with E-state index < -0.39 is 23.7 Å². The third-order valence-corrected chi connectivity index (χ3v) is 5.85. The summed E-state index contributed by atoms with van der Waals surface area (Å²) in [5, 5.41) is 22.1. The van der Waals surface area contributed by atoms with Crippen LogP contribution in [0.4, 0.5) is 5.69 Å². The van der Waals surface area contributed by atoms with Gasteiger partial charge in [-0.15, -0.1) is 0 Å². The van der Waals surface area contributed by atoms with Gasteiger partial charge in [-0.25, -0.2) is 0 Å². The number of nitrogens with zero attached hydrogens (tertiary/aromatic N) is 1. The Hall–Kier alpha value is -4.65. The lowest BCUT2D eigenvalue weighted by atomic mass is 9.97. The van der Waals surface area contributed by atoms with Crippen molar-refractivity contribution in [1.82, 2.24) is 0 Å². The van der Waals surface area contributed by atoms with Gasteiger partial charge in [-0.3, -0.25) is 19.3 Å². The molecule has 2 N–H and O–H groups in total. The molecule has 1 aliphatic rings. The Balaban J connectivity index is 1.64. The number of carboxylic acids is 1. The van der Waals surface area contributed by atoms with E-state index in [4.69, 9.17) is 9.52 Å². The highest BCUT2D eigenvalue weighted by Gasteiger charge is 2.48. The van der Waals surface area contributed by atoms with Gasteiger partial charge >= 0.3 is 5.97 Å². The van der Waals surface area contributed by atoms with Crippen LogP contribution in [0.25, 0.3) is 16.5 Å². The van der Waals surface area contributed by atoms with Crippen molar-refractivity contribution in [1.29, 1.82) is 0 Å². The molecule has 0 spiro atoms. The zero-order valence-electron chi connectivity index (χ0n) is 17.8. The van der Waals surface area contributed by atoms with E-state index in [1.54, 1.807) is 48.5 Å². The highest BCUT2D eigenvalue weighted by molar-refractivity contribution is 6.51. The molecule has 1 amide bonds. The number of ketones is 1. The minimum Gasteiger partial charge on any atom is -0.507 e. The fourth-order valence-corrected chi connectivity index (χ4v) is 4.26. The maximum absolute atomic E-state index is 13.2. The molecule has 168 valence electrons. The van der Waals surface area contributed by atoms with E-state index in [1.807, 2.05) is 30.3 Å². The van der Waals surface area contributed by atoms with Crippen LogP contribution in [0.2, 0.25) is 0 Å². The fraction of sp³-hybridized carbons (Fsp3) is 0.0741. The number of hydrogen-bond acceptors (Lipinski definition) is 5. The second-order valence-electron chi connectivity index (χ2n) is 7.98. The molecular formula is C27H19NO6. The fourth-order valence-electron chi connectivity index (χ4n) is 4.26. The molecule has 4 aromatic rings. The van der Waals surface area contributed by atoms with Gasteiger partial charge in [-0.05, 0) is 46.7 Å². The molecule has 2 heterocycles. The second kappa shape index (κ2) is 8.37. The summed E-state index contributed by atoms with van der Waals surface area (Å²) in [6.45, 7) is 0. The van der Waals surface area contributed by atoms with Gasteiger partial charge in [0.25, 0.3) is 11.7 Å². The number of benzene rings is 3. The van der Waals surface area contributed by atoms with Crippen LogP contribution in [0.3, 0.4) is 0 Å². The number of aliphatic carboxylic acids is 1. The van der Waals surface area contributed by atoms with Crippen LogP contribution >= 0.6 is 0 Å². The van der Waals surface area contributed by atoms with Crippen LogP contribution in [0, 0.1) is 0 Å². The summed E-state index contributed by atoms with van der Waals surface area (Å²) < 4.78 is 5.56. The molecule has 0 bridgehead atoms. The van der Waals surface area contributed by atoms with Crippen LogP contribution in [-0.4, -0.2) is 27.9 Å². The van der Waals surface area contributed by atoms with Crippen LogP contribution in [0.5, 0.6) is 0 Å². The summed E-state index contributed by atoms with van der Waals surface area (Å²) in [5.41, 5.74) is 1.27. The molecule has 34 heavy (non-hydrogen) atoms. The summed E-state index contributed by atoms with van der Waals surface area (Å²) in [6, 6.07) is 21.5. The third-order valence-electron chi connectivity index (χ3n) is 5.85. The van der Waals surface area contributed by atoms with Gasteiger partial charge in [-0.1, -0.05) is 48.5 Å². The van der Waals surface area contributed by atoms with E-state index in [2.05, 4.69) is 0 Å². The highest BCUT2D eigenvalue weighted by atomic mass is 16.4. The maximum atomic E-state index is 13.2. The van der Waals surface area contributed by atoms with Crippen molar-refractivity contribution < 1.29 is 29.0 Å². The molecule has 0 aliphatic carbocycles. The molecule has 3 aromatic carbocycles. The van der Waals surface area contributed by atoms with Gasteiger partial charge in [0.05, 0.1) is 18.3 Å². The predicted molar refractivity (Wildman–Crippen MR) is 125 cm³/mol. The molecular weight excluding hydrogens is 434 g/mol. The van der Waals surface area contributed by atoms with Crippen LogP contribution in [0.1, 0.15) is 22.9 Å². The molecule has 0 saturated carbocycles. The molecule has 1 unspecified atom stereocenters. The number of amides is 1. The van der Waals surface area contributed by atoms with Crippen molar-refractivity contribution in [2.45, 2.75) is 12.5 Å². The zero-order chi connectivity index (χ0) is 23.8. The summed E-state index contributed by atoms with van der Waals surface area (Å²) in [7, 11) is 0. The quantitative estimate of drug-likeness (QED) is 0.258. The number of rotatable bonds is 5. The topological polar surface area (TPSA) is 108 Å². The first kappa shape index (κ1) is 21.2. The largest absolute Gasteiger partial charge is 0.507 e. The summed E-state index contributed by atoms with van der Waals surface area (Å²) >= 11 is 0. The Kier molecular flexibility index (Phi) is 5.22. The summed E-state index contributed by atoms with van der Waals surface area (Å²) in [4.78, 5) is 38.5. The first-order valence-corrected chi connectivity index (χ1v) is 10.6. The second-order valence-corrected chi connectivity index (χ2v) is 7.98. The standard InChI is InChI=1S/C27H19NO6/c29-22(30)14-16-7-11-20(12-8-16)28-24(21-6-3-13-34-21)23(26(32)27(28)33)25(31)19-10-9-17-4-1-2-5-18(17)15-19/h1-13,15,24,31H,14H2,(H,29,30)/b25-23-. The molecule has 1 atom stereocenters. The minimum absolute atomic E-state index is 0.0788. The molecule has 1 saturated heterocycles. The number of aliphatic hydroxyl groups excluding tert-OH is 1. The minimum atomic E-state index is -0.980. The smallest absolute Gasteiger partial charge is 0.307 e. The molecule has 5 rings (SSSR count). The van der Waals surface area contributed by atoms with E-state index in [-0.39, 0.29) is 17.8 Å².